The van der Waals surface area contributed by atoms with Gasteiger partial charge in [-0.25, -0.2) is 0 Å². The smallest absolute Gasteiger partial charge is 0.173 e. The summed E-state index contributed by atoms with van der Waals surface area (Å²) in [6.07, 6.45) is 2.23. The molecule has 2 atom stereocenters. The summed E-state index contributed by atoms with van der Waals surface area (Å²) in [7, 11) is 0. The second-order valence-electron chi connectivity index (χ2n) is 6.22. The van der Waals surface area contributed by atoms with Crippen LogP contribution in [0.4, 0.5) is 0 Å². The largest absolute Gasteiger partial charge is 0.483 e. The zero-order valence-electron chi connectivity index (χ0n) is 11.5. The number of para-hydroxylation sites is 1. The Hall–Kier alpha value is -1.31. The van der Waals surface area contributed by atoms with Gasteiger partial charge in [0.15, 0.2) is 11.9 Å². The van der Waals surface area contributed by atoms with E-state index in [2.05, 4.69) is 20.8 Å². The molecule has 1 aromatic rings. The minimum Gasteiger partial charge on any atom is -0.483 e. The summed E-state index contributed by atoms with van der Waals surface area (Å²) in [4.78, 5) is 11.9. The molecule has 0 N–H and O–H groups in total. The van der Waals surface area contributed by atoms with E-state index in [0.717, 1.165) is 18.6 Å². The van der Waals surface area contributed by atoms with Crippen LogP contribution in [0.15, 0.2) is 30.3 Å². The quantitative estimate of drug-likeness (QED) is 0.792. The molecule has 0 saturated heterocycles. The van der Waals surface area contributed by atoms with Crippen molar-refractivity contribution in [3.8, 4) is 5.75 Å². The van der Waals surface area contributed by atoms with E-state index in [1.807, 2.05) is 30.3 Å². The summed E-state index contributed by atoms with van der Waals surface area (Å²) in [5.74, 6) is 1.61. The third-order valence-corrected chi connectivity index (χ3v) is 3.84. The molecule has 0 aromatic heterocycles. The lowest BCUT2D eigenvalue weighted by atomic mass is 9.71. The molecule has 0 aliphatic heterocycles. The van der Waals surface area contributed by atoms with Crippen molar-refractivity contribution in [3.05, 3.63) is 30.3 Å². The summed E-state index contributed by atoms with van der Waals surface area (Å²) in [6, 6.07) is 9.64. The van der Waals surface area contributed by atoms with Crippen LogP contribution in [-0.4, -0.2) is 11.9 Å². The lowest BCUT2D eigenvalue weighted by Crippen LogP contribution is -2.38. The van der Waals surface area contributed by atoms with Crippen LogP contribution in [0.2, 0.25) is 0 Å². The lowest BCUT2D eigenvalue weighted by Gasteiger charge is -2.36. The third kappa shape index (κ3) is 3.12. The van der Waals surface area contributed by atoms with Gasteiger partial charge in [0.1, 0.15) is 5.75 Å². The van der Waals surface area contributed by atoms with Gasteiger partial charge in [-0.05, 0) is 36.3 Å². The Bertz CT molecular complexity index is 403. The Morgan fingerprint density at radius 2 is 1.83 bits per heavy atom. The molecule has 1 aliphatic carbocycles. The number of benzene rings is 1. The molecule has 2 heteroatoms. The highest BCUT2D eigenvalue weighted by Gasteiger charge is 2.35. The van der Waals surface area contributed by atoms with Gasteiger partial charge < -0.3 is 4.74 Å². The zero-order chi connectivity index (χ0) is 13.2. The number of rotatable bonds is 2. The molecular weight excluding hydrogens is 224 g/mol. The van der Waals surface area contributed by atoms with Crippen molar-refractivity contribution in [2.75, 3.05) is 0 Å². The summed E-state index contributed by atoms with van der Waals surface area (Å²) in [5, 5.41) is 0. The predicted molar refractivity (Wildman–Crippen MR) is 72.7 cm³/mol. The van der Waals surface area contributed by atoms with Gasteiger partial charge >= 0.3 is 0 Å². The van der Waals surface area contributed by atoms with Gasteiger partial charge in [0.25, 0.3) is 0 Å². The van der Waals surface area contributed by atoms with Gasteiger partial charge in [-0.1, -0.05) is 39.0 Å². The molecule has 0 unspecified atom stereocenters. The van der Waals surface area contributed by atoms with Crippen LogP contribution in [0, 0.1) is 11.3 Å². The van der Waals surface area contributed by atoms with Crippen LogP contribution in [0.25, 0.3) is 0 Å². The minimum atomic E-state index is -0.259. The van der Waals surface area contributed by atoms with Crippen molar-refractivity contribution < 1.29 is 9.53 Å². The number of ketones is 1. The molecule has 0 spiro atoms. The van der Waals surface area contributed by atoms with Crippen molar-refractivity contribution in [1.82, 2.24) is 0 Å². The van der Waals surface area contributed by atoms with E-state index in [-0.39, 0.29) is 17.3 Å². The maximum Gasteiger partial charge on any atom is 0.173 e. The van der Waals surface area contributed by atoms with Crippen LogP contribution < -0.4 is 4.74 Å². The van der Waals surface area contributed by atoms with Gasteiger partial charge in [0.2, 0.25) is 0 Å². The summed E-state index contributed by atoms with van der Waals surface area (Å²) in [6.45, 7) is 6.73. The molecule has 1 aromatic carbocycles. The molecule has 18 heavy (non-hydrogen) atoms. The second-order valence-corrected chi connectivity index (χ2v) is 6.22. The number of carbonyl (C=O) groups excluding carboxylic acids is 1. The second kappa shape index (κ2) is 5.13. The number of Topliss-reactive ketones (excluding diaryl/α,β-unsaturated/α-hetero) is 1. The maximum atomic E-state index is 11.9. The summed E-state index contributed by atoms with van der Waals surface area (Å²) < 4.78 is 5.84. The third-order valence-electron chi connectivity index (χ3n) is 3.84. The monoisotopic (exact) mass is 246 g/mol. The zero-order valence-corrected chi connectivity index (χ0v) is 11.5. The minimum absolute atomic E-state index is 0.249. The lowest BCUT2D eigenvalue weighted by molar-refractivity contribution is -0.130. The first kappa shape index (κ1) is 13.1. The average Bonchev–Trinajstić information content (AvgIpc) is 2.32. The Balaban J connectivity index is 2.05. The van der Waals surface area contributed by atoms with E-state index >= 15 is 0 Å². The molecule has 0 bridgehead atoms. The molecule has 1 fully saturated rings. The molecule has 0 radical (unpaired) electrons. The van der Waals surface area contributed by atoms with Crippen molar-refractivity contribution in [3.63, 3.8) is 0 Å². The van der Waals surface area contributed by atoms with E-state index in [0.29, 0.717) is 12.3 Å². The Kier molecular flexibility index (Phi) is 3.74. The van der Waals surface area contributed by atoms with Crippen molar-refractivity contribution in [2.45, 2.75) is 46.1 Å². The van der Waals surface area contributed by atoms with Gasteiger partial charge in [-0.2, -0.15) is 0 Å². The molecule has 2 rings (SSSR count). The molecule has 1 aliphatic rings. The highest BCUT2D eigenvalue weighted by molar-refractivity contribution is 5.84. The molecule has 0 amide bonds. The SMILES string of the molecule is CC(C)(C)[C@@H]1CCC(=O)[C@@H](Oc2ccccc2)C1. The normalized spacial score (nSPS) is 24.9. The first-order chi connectivity index (χ1) is 8.47. The average molecular weight is 246 g/mol. The maximum absolute atomic E-state index is 11.9. The van der Waals surface area contributed by atoms with Crippen molar-refractivity contribution in [2.24, 2.45) is 11.3 Å². The summed E-state index contributed by atoms with van der Waals surface area (Å²) in [5.41, 5.74) is 0.249. The fourth-order valence-electron chi connectivity index (χ4n) is 2.55. The van der Waals surface area contributed by atoms with Gasteiger partial charge in [0.05, 0.1) is 0 Å². The predicted octanol–water partition coefficient (Wildman–Crippen LogP) is 3.85. The molecule has 2 nitrogen and oxygen atoms in total. The van der Waals surface area contributed by atoms with E-state index in [9.17, 15) is 4.79 Å². The standard InChI is InChI=1S/C16H22O2/c1-16(2,3)12-9-10-14(17)15(11-12)18-13-7-5-4-6-8-13/h4-8,12,15H,9-11H2,1-3H3/t12-,15+/m1/s1. The van der Waals surface area contributed by atoms with E-state index in [4.69, 9.17) is 4.74 Å². The number of ether oxygens (including phenoxy) is 1. The van der Waals surface area contributed by atoms with Crippen molar-refractivity contribution in [1.29, 1.82) is 0 Å². The van der Waals surface area contributed by atoms with Gasteiger partial charge in [-0.15, -0.1) is 0 Å². The van der Waals surface area contributed by atoms with E-state index < -0.39 is 0 Å². The topological polar surface area (TPSA) is 26.3 Å². The number of hydrogen-bond acceptors (Lipinski definition) is 2. The van der Waals surface area contributed by atoms with Crippen LogP contribution in [0.3, 0.4) is 0 Å². The van der Waals surface area contributed by atoms with Gasteiger partial charge in [-0.3, -0.25) is 4.79 Å². The summed E-state index contributed by atoms with van der Waals surface area (Å²) >= 11 is 0. The molecule has 0 heterocycles. The van der Waals surface area contributed by atoms with Crippen LogP contribution in [0.1, 0.15) is 40.0 Å². The number of hydrogen-bond donors (Lipinski definition) is 0. The fraction of sp³-hybridized carbons (Fsp3) is 0.562. The number of carbonyl (C=O) groups is 1. The highest BCUT2D eigenvalue weighted by Crippen LogP contribution is 2.37. The Labute approximate surface area is 109 Å². The van der Waals surface area contributed by atoms with Crippen LogP contribution in [0.5, 0.6) is 5.75 Å². The van der Waals surface area contributed by atoms with Gasteiger partial charge in [0, 0.05) is 6.42 Å². The van der Waals surface area contributed by atoms with Crippen LogP contribution >= 0.6 is 0 Å². The Morgan fingerprint density at radius 1 is 1.17 bits per heavy atom. The molecule has 1 saturated carbocycles. The molecular formula is C16H22O2. The molecule has 98 valence electrons. The first-order valence-electron chi connectivity index (χ1n) is 6.71. The fourth-order valence-corrected chi connectivity index (χ4v) is 2.55. The highest BCUT2D eigenvalue weighted by atomic mass is 16.5. The first-order valence-corrected chi connectivity index (χ1v) is 6.71. The van der Waals surface area contributed by atoms with Crippen LogP contribution in [-0.2, 0) is 4.79 Å². The van der Waals surface area contributed by atoms with Crippen molar-refractivity contribution >= 4 is 5.78 Å². The Morgan fingerprint density at radius 3 is 2.44 bits per heavy atom. The van der Waals surface area contributed by atoms with E-state index in [1.165, 1.54) is 0 Å². The van der Waals surface area contributed by atoms with E-state index in [1.54, 1.807) is 0 Å².